The molecule has 0 bridgehead atoms. The van der Waals surface area contributed by atoms with Crippen molar-refractivity contribution in [1.29, 1.82) is 0 Å². The predicted molar refractivity (Wildman–Crippen MR) is 78.0 cm³/mol. The van der Waals surface area contributed by atoms with Gasteiger partial charge in [0.25, 0.3) is 0 Å². The summed E-state index contributed by atoms with van der Waals surface area (Å²) in [4.78, 5) is 0. The van der Waals surface area contributed by atoms with Gasteiger partial charge in [0, 0.05) is 6.61 Å². The second-order valence-electron chi connectivity index (χ2n) is 4.99. The van der Waals surface area contributed by atoms with E-state index in [4.69, 9.17) is 5.11 Å². The van der Waals surface area contributed by atoms with Crippen molar-refractivity contribution in [2.75, 3.05) is 13.2 Å². The van der Waals surface area contributed by atoms with E-state index in [1.165, 1.54) is 22.3 Å². The highest BCUT2D eigenvalue weighted by atomic mass is 16.2. The number of hydrogen-bond acceptors (Lipinski definition) is 2. The average molecular weight is 253 g/mol. The molecule has 19 heavy (non-hydrogen) atoms. The summed E-state index contributed by atoms with van der Waals surface area (Å²) in [6.07, 6.45) is 1.88. The molecule has 2 aromatic carbocycles. The number of hydrogen-bond donors (Lipinski definition) is 2. The standard InChI is InChI=1S/C17H19NO/c19-12-6-5-11-18-17-15-9-3-1-7-13(15)14-8-2-4-10-16(14)17/h1-4,7-10,17-19H,5-6,11-12H2. The molecule has 0 aromatic heterocycles. The van der Waals surface area contributed by atoms with Crippen molar-refractivity contribution in [3.8, 4) is 11.1 Å². The Hall–Kier alpha value is -1.64. The third-order valence-corrected chi connectivity index (χ3v) is 3.77. The van der Waals surface area contributed by atoms with Crippen LogP contribution in [0, 0.1) is 0 Å². The highest BCUT2D eigenvalue weighted by Crippen LogP contribution is 2.42. The zero-order valence-corrected chi connectivity index (χ0v) is 11.0. The lowest BCUT2D eigenvalue weighted by atomic mass is 10.1. The Balaban J connectivity index is 1.87. The summed E-state index contributed by atoms with van der Waals surface area (Å²) >= 11 is 0. The maximum atomic E-state index is 8.85. The fourth-order valence-electron chi connectivity index (χ4n) is 2.86. The van der Waals surface area contributed by atoms with Crippen molar-refractivity contribution in [3.05, 3.63) is 59.7 Å². The maximum absolute atomic E-state index is 8.85. The number of aliphatic hydroxyl groups is 1. The van der Waals surface area contributed by atoms with Crippen molar-refractivity contribution < 1.29 is 5.11 Å². The summed E-state index contributed by atoms with van der Waals surface area (Å²) in [6, 6.07) is 17.5. The van der Waals surface area contributed by atoms with E-state index >= 15 is 0 Å². The van der Waals surface area contributed by atoms with Gasteiger partial charge in [-0.3, -0.25) is 0 Å². The van der Waals surface area contributed by atoms with Crippen LogP contribution in [0.5, 0.6) is 0 Å². The van der Waals surface area contributed by atoms with E-state index in [1.54, 1.807) is 0 Å². The van der Waals surface area contributed by atoms with Gasteiger partial charge in [-0.2, -0.15) is 0 Å². The lowest BCUT2D eigenvalue weighted by molar-refractivity contribution is 0.283. The number of nitrogens with one attached hydrogen (secondary N) is 1. The van der Waals surface area contributed by atoms with Gasteiger partial charge in [0.15, 0.2) is 0 Å². The van der Waals surface area contributed by atoms with Crippen LogP contribution in [0.2, 0.25) is 0 Å². The van der Waals surface area contributed by atoms with Crippen molar-refractivity contribution in [2.24, 2.45) is 0 Å². The largest absolute Gasteiger partial charge is 0.396 e. The molecule has 2 N–H and O–H groups in total. The third kappa shape index (κ3) is 2.29. The molecule has 98 valence electrons. The summed E-state index contributed by atoms with van der Waals surface area (Å²) < 4.78 is 0. The molecule has 0 saturated heterocycles. The normalized spacial score (nSPS) is 13.3. The molecule has 2 nitrogen and oxygen atoms in total. The van der Waals surface area contributed by atoms with Crippen LogP contribution in [0.3, 0.4) is 0 Å². The molecule has 2 aromatic rings. The summed E-state index contributed by atoms with van der Waals surface area (Å²) in [5, 5.41) is 12.5. The Morgan fingerprint density at radius 3 is 2.00 bits per heavy atom. The molecular weight excluding hydrogens is 234 g/mol. The highest BCUT2D eigenvalue weighted by Gasteiger charge is 2.26. The average Bonchev–Trinajstić information content (AvgIpc) is 2.78. The Kier molecular flexibility index (Phi) is 3.62. The number of fused-ring (bicyclic) bond motifs is 3. The van der Waals surface area contributed by atoms with E-state index in [9.17, 15) is 0 Å². The van der Waals surface area contributed by atoms with Crippen molar-refractivity contribution >= 4 is 0 Å². The molecule has 0 amide bonds. The monoisotopic (exact) mass is 253 g/mol. The van der Waals surface area contributed by atoms with E-state index in [2.05, 4.69) is 53.8 Å². The molecule has 0 spiro atoms. The molecule has 0 atom stereocenters. The number of benzene rings is 2. The Bertz CT molecular complexity index is 519. The molecule has 0 radical (unpaired) electrons. The zero-order valence-electron chi connectivity index (χ0n) is 11.0. The minimum atomic E-state index is 0.277. The fraction of sp³-hybridized carbons (Fsp3) is 0.294. The van der Waals surface area contributed by atoms with Gasteiger partial charge < -0.3 is 10.4 Å². The van der Waals surface area contributed by atoms with Gasteiger partial charge in [-0.25, -0.2) is 0 Å². The summed E-state index contributed by atoms with van der Waals surface area (Å²) in [5.41, 5.74) is 5.43. The lowest BCUT2D eigenvalue weighted by Crippen LogP contribution is -2.21. The third-order valence-electron chi connectivity index (χ3n) is 3.77. The predicted octanol–water partition coefficient (Wildman–Crippen LogP) is 3.12. The Labute approximate surface area is 114 Å². The van der Waals surface area contributed by atoms with E-state index in [-0.39, 0.29) is 6.61 Å². The van der Waals surface area contributed by atoms with Crippen LogP contribution in [0.25, 0.3) is 11.1 Å². The van der Waals surface area contributed by atoms with Gasteiger partial charge >= 0.3 is 0 Å². The quantitative estimate of drug-likeness (QED) is 0.802. The van der Waals surface area contributed by atoms with Gasteiger partial charge in [-0.1, -0.05) is 48.5 Å². The first-order chi connectivity index (χ1) is 9.42. The molecule has 2 heteroatoms. The zero-order chi connectivity index (χ0) is 13.1. The molecule has 0 fully saturated rings. The minimum absolute atomic E-state index is 0.277. The Morgan fingerprint density at radius 1 is 0.842 bits per heavy atom. The molecular formula is C17H19NO. The van der Waals surface area contributed by atoms with E-state index in [0.29, 0.717) is 6.04 Å². The second kappa shape index (κ2) is 5.55. The van der Waals surface area contributed by atoms with Crippen LogP contribution in [0.15, 0.2) is 48.5 Å². The van der Waals surface area contributed by atoms with Gasteiger partial charge in [0.05, 0.1) is 6.04 Å². The van der Waals surface area contributed by atoms with Crippen LogP contribution >= 0.6 is 0 Å². The van der Waals surface area contributed by atoms with Gasteiger partial charge in [-0.05, 0) is 41.6 Å². The topological polar surface area (TPSA) is 32.3 Å². The fourth-order valence-corrected chi connectivity index (χ4v) is 2.86. The number of aliphatic hydroxyl groups excluding tert-OH is 1. The van der Waals surface area contributed by atoms with Crippen LogP contribution in [-0.4, -0.2) is 18.3 Å². The lowest BCUT2D eigenvalue weighted by Gasteiger charge is -2.15. The van der Waals surface area contributed by atoms with Crippen molar-refractivity contribution in [3.63, 3.8) is 0 Å². The van der Waals surface area contributed by atoms with Gasteiger partial charge in [0.1, 0.15) is 0 Å². The van der Waals surface area contributed by atoms with E-state index in [1.807, 2.05) is 0 Å². The first-order valence-corrected chi connectivity index (χ1v) is 6.94. The number of unbranched alkanes of at least 4 members (excludes halogenated alkanes) is 1. The highest BCUT2D eigenvalue weighted by molar-refractivity contribution is 5.78. The summed E-state index contributed by atoms with van der Waals surface area (Å²) in [5.74, 6) is 0. The number of rotatable bonds is 5. The molecule has 1 aliphatic carbocycles. The van der Waals surface area contributed by atoms with E-state index in [0.717, 1.165) is 19.4 Å². The second-order valence-corrected chi connectivity index (χ2v) is 4.99. The molecule has 1 aliphatic rings. The van der Waals surface area contributed by atoms with Crippen LogP contribution in [0.4, 0.5) is 0 Å². The van der Waals surface area contributed by atoms with Gasteiger partial charge in [0.2, 0.25) is 0 Å². The molecule has 0 saturated carbocycles. The van der Waals surface area contributed by atoms with Crippen molar-refractivity contribution in [1.82, 2.24) is 5.32 Å². The van der Waals surface area contributed by atoms with Crippen molar-refractivity contribution in [2.45, 2.75) is 18.9 Å². The first kappa shape index (κ1) is 12.4. The van der Waals surface area contributed by atoms with Crippen LogP contribution in [-0.2, 0) is 0 Å². The summed E-state index contributed by atoms with van der Waals surface area (Å²) in [7, 11) is 0. The van der Waals surface area contributed by atoms with Crippen LogP contribution in [0.1, 0.15) is 30.0 Å². The maximum Gasteiger partial charge on any atom is 0.0588 e. The molecule has 3 rings (SSSR count). The summed E-state index contributed by atoms with van der Waals surface area (Å²) in [6.45, 7) is 1.22. The van der Waals surface area contributed by atoms with E-state index < -0.39 is 0 Å². The van der Waals surface area contributed by atoms with Gasteiger partial charge in [-0.15, -0.1) is 0 Å². The minimum Gasteiger partial charge on any atom is -0.396 e. The molecule has 0 unspecified atom stereocenters. The van der Waals surface area contributed by atoms with Crippen LogP contribution < -0.4 is 5.32 Å². The smallest absolute Gasteiger partial charge is 0.0588 e. The molecule has 0 aliphatic heterocycles. The SMILES string of the molecule is OCCCCNC1c2ccccc2-c2ccccc21. The molecule has 0 heterocycles. The first-order valence-electron chi connectivity index (χ1n) is 6.94. The Morgan fingerprint density at radius 2 is 1.42 bits per heavy atom.